The maximum Gasteiger partial charge on any atom is 0.224 e. The van der Waals surface area contributed by atoms with Gasteiger partial charge in [0, 0.05) is 38.7 Å². The maximum absolute atomic E-state index is 11.8. The Morgan fingerprint density at radius 1 is 1.45 bits per heavy atom. The highest BCUT2D eigenvalue weighted by Crippen LogP contribution is 2.15. The lowest BCUT2D eigenvalue weighted by Crippen LogP contribution is -2.43. The Bertz CT molecular complexity index is 258. The van der Waals surface area contributed by atoms with Crippen molar-refractivity contribution in [1.82, 2.24) is 15.5 Å². The molecule has 0 aromatic heterocycles. The van der Waals surface area contributed by atoms with Crippen LogP contribution >= 0.6 is 24.8 Å². The smallest absolute Gasteiger partial charge is 0.224 e. The van der Waals surface area contributed by atoms with E-state index in [0.717, 1.165) is 32.8 Å². The van der Waals surface area contributed by atoms with Crippen LogP contribution in [0.15, 0.2) is 0 Å². The fourth-order valence-electron chi connectivity index (χ4n) is 2.42. The first-order chi connectivity index (χ1) is 8.69. The molecule has 2 atom stereocenters. The van der Waals surface area contributed by atoms with Gasteiger partial charge in [0.1, 0.15) is 0 Å². The van der Waals surface area contributed by atoms with E-state index in [1.807, 2.05) is 14.0 Å². The van der Waals surface area contributed by atoms with Crippen molar-refractivity contribution in [3.8, 4) is 0 Å². The van der Waals surface area contributed by atoms with Gasteiger partial charge in [0.25, 0.3) is 0 Å². The van der Waals surface area contributed by atoms with Crippen LogP contribution in [0.4, 0.5) is 0 Å². The van der Waals surface area contributed by atoms with Gasteiger partial charge in [0.2, 0.25) is 5.91 Å². The second-order valence-electron chi connectivity index (χ2n) is 5.03. The molecule has 0 saturated carbocycles. The molecule has 1 heterocycles. The van der Waals surface area contributed by atoms with Gasteiger partial charge < -0.3 is 15.4 Å². The standard InChI is InChI=1S/C13H27N3O2.2ClH/c1-11(9-14-2)13(17)15-10-12-5-4-6-16(12)7-8-18-3;;/h11-12,14H,4-10H2,1-3H3,(H,15,17);2*1H. The number of halogens is 2. The average Bonchev–Trinajstić information content (AvgIpc) is 2.81. The van der Waals surface area contributed by atoms with Crippen LogP contribution in [0.1, 0.15) is 19.8 Å². The van der Waals surface area contributed by atoms with Gasteiger partial charge in [-0.15, -0.1) is 24.8 Å². The summed E-state index contributed by atoms with van der Waals surface area (Å²) >= 11 is 0. The topological polar surface area (TPSA) is 53.6 Å². The Morgan fingerprint density at radius 3 is 2.75 bits per heavy atom. The summed E-state index contributed by atoms with van der Waals surface area (Å²) in [5.74, 6) is 0.173. The van der Waals surface area contributed by atoms with Crippen molar-refractivity contribution in [2.24, 2.45) is 5.92 Å². The van der Waals surface area contributed by atoms with Crippen molar-refractivity contribution in [3.63, 3.8) is 0 Å². The summed E-state index contributed by atoms with van der Waals surface area (Å²) < 4.78 is 5.11. The number of carbonyl (C=O) groups excluding carboxylic acids is 1. The van der Waals surface area contributed by atoms with E-state index in [4.69, 9.17) is 4.74 Å². The first-order valence-corrected chi connectivity index (χ1v) is 6.84. The van der Waals surface area contributed by atoms with Crippen LogP contribution in [0.2, 0.25) is 0 Å². The van der Waals surface area contributed by atoms with E-state index in [1.165, 1.54) is 12.8 Å². The van der Waals surface area contributed by atoms with E-state index >= 15 is 0 Å². The molecular formula is C13H29Cl2N3O2. The average molecular weight is 330 g/mol. The zero-order chi connectivity index (χ0) is 13.4. The number of methoxy groups -OCH3 is 1. The van der Waals surface area contributed by atoms with E-state index in [-0.39, 0.29) is 36.6 Å². The third-order valence-corrected chi connectivity index (χ3v) is 3.55. The second-order valence-corrected chi connectivity index (χ2v) is 5.03. The summed E-state index contributed by atoms with van der Waals surface area (Å²) in [5.41, 5.74) is 0. The molecule has 0 radical (unpaired) electrons. The fraction of sp³-hybridized carbons (Fsp3) is 0.923. The van der Waals surface area contributed by atoms with Crippen LogP contribution in [0, 0.1) is 5.92 Å². The quantitative estimate of drug-likeness (QED) is 0.695. The van der Waals surface area contributed by atoms with Crippen molar-refractivity contribution in [2.45, 2.75) is 25.8 Å². The maximum atomic E-state index is 11.8. The van der Waals surface area contributed by atoms with Crippen LogP contribution in [-0.2, 0) is 9.53 Å². The van der Waals surface area contributed by atoms with Crippen LogP contribution in [0.25, 0.3) is 0 Å². The lowest BCUT2D eigenvalue weighted by atomic mass is 10.1. The molecule has 1 saturated heterocycles. The van der Waals surface area contributed by atoms with Crippen molar-refractivity contribution in [3.05, 3.63) is 0 Å². The molecule has 1 aliphatic rings. The molecule has 122 valence electrons. The Labute approximate surface area is 135 Å². The zero-order valence-corrected chi connectivity index (χ0v) is 14.3. The number of amides is 1. The highest BCUT2D eigenvalue weighted by Gasteiger charge is 2.24. The minimum absolute atomic E-state index is 0. The highest BCUT2D eigenvalue weighted by molar-refractivity contribution is 5.85. The van der Waals surface area contributed by atoms with E-state index in [0.29, 0.717) is 6.04 Å². The van der Waals surface area contributed by atoms with Crippen molar-refractivity contribution < 1.29 is 9.53 Å². The van der Waals surface area contributed by atoms with Crippen molar-refractivity contribution in [2.75, 3.05) is 46.9 Å². The van der Waals surface area contributed by atoms with Crippen LogP contribution < -0.4 is 10.6 Å². The Balaban J connectivity index is 0. The van der Waals surface area contributed by atoms with Gasteiger partial charge in [-0.1, -0.05) is 6.92 Å². The predicted octanol–water partition coefficient (Wildman–Crippen LogP) is 0.912. The van der Waals surface area contributed by atoms with Gasteiger partial charge in [-0.25, -0.2) is 0 Å². The first kappa shape index (κ1) is 22.2. The van der Waals surface area contributed by atoms with Gasteiger partial charge in [0.15, 0.2) is 0 Å². The van der Waals surface area contributed by atoms with Gasteiger partial charge in [-0.05, 0) is 26.4 Å². The first-order valence-electron chi connectivity index (χ1n) is 6.84. The Kier molecular flexibility index (Phi) is 14.1. The van der Waals surface area contributed by atoms with Crippen LogP contribution in [0.3, 0.4) is 0 Å². The molecule has 1 fully saturated rings. The molecule has 1 rings (SSSR count). The minimum atomic E-state index is 0. The van der Waals surface area contributed by atoms with Crippen LogP contribution in [-0.4, -0.2) is 63.8 Å². The second kappa shape index (κ2) is 12.7. The zero-order valence-electron chi connectivity index (χ0n) is 12.7. The highest BCUT2D eigenvalue weighted by atomic mass is 35.5. The van der Waals surface area contributed by atoms with E-state index in [1.54, 1.807) is 7.11 Å². The van der Waals surface area contributed by atoms with Gasteiger partial charge in [-0.3, -0.25) is 9.69 Å². The molecule has 0 aliphatic carbocycles. The molecule has 0 bridgehead atoms. The SMILES string of the molecule is CNCC(C)C(=O)NCC1CCCN1CCOC.Cl.Cl. The molecule has 0 spiro atoms. The van der Waals surface area contributed by atoms with E-state index in [9.17, 15) is 4.79 Å². The third-order valence-electron chi connectivity index (χ3n) is 3.55. The molecule has 2 unspecified atom stereocenters. The minimum Gasteiger partial charge on any atom is -0.383 e. The largest absolute Gasteiger partial charge is 0.383 e. The number of hydrogen-bond donors (Lipinski definition) is 2. The lowest BCUT2D eigenvalue weighted by molar-refractivity contribution is -0.124. The summed E-state index contributed by atoms with van der Waals surface area (Å²) in [7, 11) is 3.60. The molecule has 0 aromatic carbocycles. The van der Waals surface area contributed by atoms with Crippen molar-refractivity contribution in [1.29, 1.82) is 0 Å². The summed E-state index contributed by atoms with van der Waals surface area (Å²) in [6.07, 6.45) is 2.39. The normalized spacial score (nSPS) is 19.9. The fourth-order valence-corrected chi connectivity index (χ4v) is 2.42. The molecular weight excluding hydrogens is 301 g/mol. The van der Waals surface area contributed by atoms with Crippen molar-refractivity contribution >= 4 is 30.7 Å². The summed E-state index contributed by atoms with van der Waals surface area (Å²) in [6, 6.07) is 0.478. The summed E-state index contributed by atoms with van der Waals surface area (Å²) in [4.78, 5) is 14.2. The van der Waals surface area contributed by atoms with Gasteiger partial charge in [-0.2, -0.15) is 0 Å². The molecule has 7 heteroatoms. The summed E-state index contributed by atoms with van der Waals surface area (Å²) in [6.45, 7) is 6.28. The van der Waals surface area contributed by atoms with Gasteiger partial charge >= 0.3 is 0 Å². The number of hydrogen-bond acceptors (Lipinski definition) is 4. The monoisotopic (exact) mass is 329 g/mol. The summed E-state index contributed by atoms with van der Waals surface area (Å²) in [5, 5.41) is 6.08. The number of carbonyl (C=O) groups is 1. The molecule has 5 nitrogen and oxygen atoms in total. The molecule has 1 amide bonds. The molecule has 1 aliphatic heterocycles. The van der Waals surface area contributed by atoms with Gasteiger partial charge in [0.05, 0.1) is 6.61 Å². The Morgan fingerprint density at radius 2 is 2.15 bits per heavy atom. The van der Waals surface area contributed by atoms with E-state index in [2.05, 4.69) is 15.5 Å². The van der Waals surface area contributed by atoms with Crippen LogP contribution in [0.5, 0.6) is 0 Å². The van der Waals surface area contributed by atoms with E-state index < -0.39 is 0 Å². The third kappa shape index (κ3) is 7.64. The number of nitrogens with zero attached hydrogens (tertiary/aromatic N) is 1. The number of nitrogens with one attached hydrogen (secondary N) is 2. The number of likely N-dealkylation sites (tertiary alicyclic amines) is 1. The molecule has 2 N–H and O–H groups in total. The Hall–Kier alpha value is -0.0700. The molecule has 0 aromatic rings. The predicted molar refractivity (Wildman–Crippen MR) is 87.1 cm³/mol. The number of rotatable bonds is 8. The lowest BCUT2D eigenvalue weighted by Gasteiger charge is -2.24. The number of ether oxygens (including phenoxy) is 1. The molecule has 20 heavy (non-hydrogen) atoms.